The average Bonchev–Trinajstić information content (AvgIpc) is 2.65. The second kappa shape index (κ2) is 7.13. The number of nitrogens with zero attached hydrogens (tertiary/aromatic N) is 1. The minimum atomic E-state index is -0.121. The fraction of sp³-hybridized carbons (Fsp3) is 0.200. The Morgan fingerprint density at radius 2 is 1.92 bits per heavy atom. The van der Waals surface area contributed by atoms with Crippen molar-refractivity contribution in [3.63, 3.8) is 0 Å². The lowest BCUT2D eigenvalue weighted by Gasteiger charge is -2.30. The van der Waals surface area contributed by atoms with Gasteiger partial charge in [-0.2, -0.15) is 0 Å². The molecule has 0 spiro atoms. The molecule has 1 N–H and O–H groups in total. The van der Waals surface area contributed by atoms with Crippen molar-refractivity contribution in [1.82, 2.24) is 5.32 Å². The Morgan fingerprint density at radius 1 is 1.12 bits per heavy atom. The van der Waals surface area contributed by atoms with E-state index >= 15 is 0 Å². The highest BCUT2D eigenvalue weighted by atomic mass is 16.2. The fourth-order valence-corrected chi connectivity index (χ4v) is 2.95. The highest BCUT2D eigenvalue weighted by Crippen LogP contribution is 2.29. The van der Waals surface area contributed by atoms with Crippen molar-refractivity contribution in [1.29, 1.82) is 0 Å². The molecule has 2 aromatic rings. The molecule has 2 aromatic carbocycles. The molecule has 0 atom stereocenters. The molecular formula is C20H20N2O2. The normalized spacial score (nSPS) is 13.1. The SMILES string of the molecule is C=CCNC(=O)c1ccc2c(c1)CCCN2C(=O)c1ccccc1. The van der Waals surface area contributed by atoms with Crippen LogP contribution in [0.2, 0.25) is 0 Å². The van der Waals surface area contributed by atoms with E-state index < -0.39 is 0 Å². The van der Waals surface area contributed by atoms with Crippen LogP contribution in [0.25, 0.3) is 0 Å². The molecule has 4 heteroatoms. The van der Waals surface area contributed by atoms with Crippen molar-refractivity contribution < 1.29 is 9.59 Å². The number of benzene rings is 2. The van der Waals surface area contributed by atoms with Crippen molar-refractivity contribution in [2.24, 2.45) is 0 Å². The number of nitrogens with one attached hydrogen (secondary N) is 1. The average molecular weight is 320 g/mol. The highest BCUT2D eigenvalue weighted by Gasteiger charge is 2.24. The molecule has 1 aliphatic rings. The lowest BCUT2D eigenvalue weighted by atomic mass is 9.98. The van der Waals surface area contributed by atoms with Gasteiger partial charge >= 0.3 is 0 Å². The number of hydrogen-bond acceptors (Lipinski definition) is 2. The molecule has 0 saturated carbocycles. The Bertz CT molecular complexity index is 768. The number of rotatable bonds is 4. The first kappa shape index (κ1) is 16.0. The van der Waals surface area contributed by atoms with E-state index in [1.165, 1.54) is 0 Å². The lowest BCUT2D eigenvalue weighted by Crippen LogP contribution is -2.35. The maximum absolute atomic E-state index is 12.8. The Hall–Kier alpha value is -2.88. The van der Waals surface area contributed by atoms with Gasteiger partial charge in [-0.1, -0.05) is 24.3 Å². The molecule has 2 amide bonds. The molecule has 1 heterocycles. The van der Waals surface area contributed by atoms with Crippen molar-refractivity contribution in [3.8, 4) is 0 Å². The van der Waals surface area contributed by atoms with Gasteiger partial charge in [0.2, 0.25) is 0 Å². The van der Waals surface area contributed by atoms with Gasteiger partial charge in [-0.3, -0.25) is 9.59 Å². The maximum atomic E-state index is 12.8. The van der Waals surface area contributed by atoms with Crippen LogP contribution < -0.4 is 10.2 Å². The summed E-state index contributed by atoms with van der Waals surface area (Å²) in [5.74, 6) is -0.121. The number of carbonyl (C=O) groups excluding carboxylic acids is 2. The minimum Gasteiger partial charge on any atom is -0.349 e. The Morgan fingerprint density at radius 3 is 2.67 bits per heavy atom. The van der Waals surface area contributed by atoms with Gasteiger partial charge in [0.1, 0.15) is 0 Å². The summed E-state index contributed by atoms with van der Waals surface area (Å²) < 4.78 is 0. The molecule has 0 radical (unpaired) electrons. The maximum Gasteiger partial charge on any atom is 0.258 e. The largest absolute Gasteiger partial charge is 0.349 e. The second-order valence-corrected chi connectivity index (χ2v) is 5.77. The smallest absolute Gasteiger partial charge is 0.258 e. The van der Waals surface area contributed by atoms with Crippen LogP contribution in [0.1, 0.15) is 32.7 Å². The zero-order valence-electron chi connectivity index (χ0n) is 13.5. The summed E-state index contributed by atoms with van der Waals surface area (Å²) in [6, 6.07) is 14.8. The molecule has 3 rings (SSSR count). The number of fused-ring (bicyclic) bond motifs is 1. The summed E-state index contributed by atoms with van der Waals surface area (Å²) in [4.78, 5) is 26.7. The number of anilines is 1. The summed E-state index contributed by atoms with van der Waals surface area (Å²) >= 11 is 0. The standard InChI is InChI=1S/C20H20N2O2/c1-2-12-21-19(23)17-10-11-18-16(14-17)9-6-13-22(18)20(24)15-7-4-3-5-8-15/h2-5,7-8,10-11,14H,1,6,9,12-13H2,(H,21,23). The van der Waals surface area contributed by atoms with Gasteiger partial charge in [-0.25, -0.2) is 0 Å². The number of amides is 2. The topological polar surface area (TPSA) is 49.4 Å². The predicted molar refractivity (Wildman–Crippen MR) is 95.4 cm³/mol. The predicted octanol–water partition coefficient (Wildman–Crippen LogP) is 3.20. The van der Waals surface area contributed by atoms with Crippen LogP contribution in [0.4, 0.5) is 5.69 Å². The Kier molecular flexibility index (Phi) is 4.75. The summed E-state index contributed by atoms with van der Waals surface area (Å²) in [6.07, 6.45) is 3.41. The molecular weight excluding hydrogens is 300 g/mol. The fourth-order valence-electron chi connectivity index (χ4n) is 2.95. The molecule has 4 nitrogen and oxygen atoms in total. The van der Waals surface area contributed by atoms with E-state index in [2.05, 4.69) is 11.9 Å². The van der Waals surface area contributed by atoms with E-state index in [1.807, 2.05) is 42.5 Å². The van der Waals surface area contributed by atoms with Gasteiger partial charge in [0.15, 0.2) is 0 Å². The highest BCUT2D eigenvalue weighted by molar-refractivity contribution is 6.07. The summed E-state index contributed by atoms with van der Waals surface area (Å²) in [7, 11) is 0. The van der Waals surface area contributed by atoms with Gasteiger partial charge in [-0.15, -0.1) is 6.58 Å². The van der Waals surface area contributed by atoms with Crippen LogP contribution in [0.15, 0.2) is 61.2 Å². The van der Waals surface area contributed by atoms with E-state index in [4.69, 9.17) is 0 Å². The third kappa shape index (κ3) is 3.23. The molecule has 0 aliphatic carbocycles. The van der Waals surface area contributed by atoms with Gasteiger partial charge in [0, 0.05) is 29.9 Å². The van der Waals surface area contributed by atoms with Crippen LogP contribution in [-0.2, 0) is 6.42 Å². The molecule has 0 saturated heterocycles. The zero-order chi connectivity index (χ0) is 16.9. The van der Waals surface area contributed by atoms with Crippen LogP contribution in [0, 0.1) is 0 Å². The second-order valence-electron chi connectivity index (χ2n) is 5.77. The minimum absolute atomic E-state index is 0.000379. The Labute approximate surface area is 141 Å². The Balaban J connectivity index is 1.87. The van der Waals surface area contributed by atoms with Crippen molar-refractivity contribution in [2.75, 3.05) is 18.0 Å². The summed E-state index contributed by atoms with van der Waals surface area (Å²) in [5, 5.41) is 2.78. The molecule has 0 bridgehead atoms. The van der Waals surface area contributed by atoms with E-state index in [0.717, 1.165) is 24.1 Å². The molecule has 24 heavy (non-hydrogen) atoms. The van der Waals surface area contributed by atoms with Crippen LogP contribution >= 0.6 is 0 Å². The van der Waals surface area contributed by atoms with Gasteiger partial charge in [0.25, 0.3) is 11.8 Å². The quantitative estimate of drug-likeness (QED) is 0.880. The van der Waals surface area contributed by atoms with Crippen molar-refractivity contribution >= 4 is 17.5 Å². The van der Waals surface area contributed by atoms with Crippen LogP contribution in [-0.4, -0.2) is 24.9 Å². The van der Waals surface area contributed by atoms with Crippen molar-refractivity contribution in [3.05, 3.63) is 77.9 Å². The van der Waals surface area contributed by atoms with E-state index in [9.17, 15) is 9.59 Å². The lowest BCUT2D eigenvalue weighted by molar-refractivity contribution is 0.0956. The number of hydrogen-bond donors (Lipinski definition) is 1. The molecule has 0 fully saturated rings. The van der Waals surface area contributed by atoms with Gasteiger partial charge in [-0.05, 0) is 48.7 Å². The molecule has 0 aromatic heterocycles. The third-order valence-corrected chi connectivity index (χ3v) is 4.13. The monoisotopic (exact) mass is 320 g/mol. The molecule has 1 aliphatic heterocycles. The first-order valence-electron chi connectivity index (χ1n) is 8.09. The van der Waals surface area contributed by atoms with E-state index in [1.54, 1.807) is 17.0 Å². The van der Waals surface area contributed by atoms with E-state index in [0.29, 0.717) is 24.2 Å². The third-order valence-electron chi connectivity index (χ3n) is 4.13. The number of carbonyl (C=O) groups is 2. The first-order chi connectivity index (χ1) is 11.7. The summed E-state index contributed by atoms with van der Waals surface area (Å²) in [5.41, 5.74) is 3.23. The van der Waals surface area contributed by atoms with Crippen LogP contribution in [0.3, 0.4) is 0 Å². The number of aryl methyl sites for hydroxylation is 1. The van der Waals surface area contributed by atoms with Crippen molar-refractivity contribution in [2.45, 2.75) is 12.8 Å². The van der Waals surface area contributed by atoms with Gasteiger partial charge in [0.05, 0.1) is 0 Å². The summed E-state index contributed by atoms with van der Waals surface area (Å²) in [6.45, 7) is 4.73. The zero-order valence-corrected chi connectivity index (χ0v) is 13.5. The molecule has 0 unspecified atom stereocenters. The first-order valence-corrected chi connectivity index (χ1v) is 8.09. The van der Waals surface area contributed by atoms with Gasteiger partial charge < -0.3 is 10.2 Å². The molecule has 122 valence electrons. The van der Waals surface area contributed by atoms with Crippen LogP contribution in [0.5, 0.6) is 0 Å². The van der Waals surface area contributed by atoms with E-state index in [-0.39, 0.29) is 11.8 Å².